The van der Waals surface area contributed by atoms with E-state index >= 15 is 0 Å². The first-order valence-corrected chi connectivity index (χ1v) is 6.54. The summed E-state index contributed by atoms with van der Waals surface area (Å²) in [6, 6.07) is 0. The third-order valence-corrected chi connectivity index (χ3v) is 4.03. The van der Waals surface area contributed by atoms with Crippen molar-refractivity contribution >= 4 is 21.8 Å². The fraction of sp³-hybridized carbons (Fsp3) is 0.909. The zero-order valence-electron chi connectivity index (χ0n) is 8.89. The summed E-state index contributed by atoms with van der Waals surface area (Å²) in [7, 11) is 0. The Balaban J connectivity index is 1.97. The van der Waals surface area contributed by atoms with Crippen LogP contribution >= 0.6 is 15.9 Å². The van der Waals surface area contributed by atoms with E-state index < -0.39 is 0 Å². The maximum Gasteiger partial charge on any atom is 0.220 e. The molecule has 2 nitrogen and oxygen atoms in total. The summed E-state index contributed by atoms with van der Waals surface area (Å²) < 4.78 is 0. The number of hydrogen-bond donors (Lipinski definition) is 1. The molecule has 1 unspecified atom stereocenters. The second kappa shape index (κ2) is 6.44. The van der Waals surface area contributed by atoms with Crippen LogP contribution in [0.15, 0.2) is 0 Å². The first-order chi connectivity index (χ1) is 6.72. The highest BCUT2D eigenvalue weighted by Gasteiger charge is 2.20. The van der Waals surface area contributed by atoms with Crippen molar-refractivity contribution in [2.45, 2.75) is 50.3 Å². The lowest BCUT2D eigenvalue weighted by molar-refractivity contribution is -0.122. The molecule has 3 heteroatoms. The van der Waals surface area contributed by atoms with Gasteiger partial charge in [-0.25, -0.2) is 0 Å². The number of halogens is 1. The van der Waals surface area contributed by atoms with E-state index in [-0.39, 0.29) is 5.91 Å². The summed E-state index contributed by atoms with van der Waals surface area (Å²) >= 11 is 3.55. The molecule has 1 atom stereocenters. The molecule has 1 saturated carbocycles. The molecule has 0 bridgehead atoms. The Bertz CT molecular complexity index is 180. The molecule has 1 aliphatic rings. The topological polar surface area (TPSA) is 29.1 Å². The number of hydrogen-bond acceptors (Lipinski definition) is 1. The average molecular weight is 262 g/mol. The van der Waals surface area contributed by atoms with Crippen molar-refractivity contribution < 1.29 is 4.79 Å². The van der Waals surface area contributed by atoms with Crippen molar-refractivity contribution in [2.75, 3.05) is 6.54 Å². The van der Waals surface area contributed by atoms with Gasteiger partial charge in [0.05, 0.1) is 0 Å². The molecule has 0 heterocycles. The summed E-state index contributed by atoms with van der Waals surface area (Å²) in [4.78, 5) is 11.9. The molecule has 1 fully saturated rings. The summed E-state index contributed by atoms with van der Waals surface area (Å²) in [6.45, 7) is 2.96. The molecule has 0 saturated heterocycles. The van der Waals surface area contributed by atoms with E-state index in [1.54, 1.807) is 0 Å². The zero-order chi connectivity index (χ0) is 10.4. The van der Waals surface area contributed by atoms with Gasteiger partial charge in [-0.3, -0.25) is 4.79 Å². The highest BCUT2D eigenvalue weighted by Crippen LogP contribution is 2.29. The van der Waals surface area contributed by atoms with Crippen molar-refractivity contribution in [3.63, 3.8) is 0 Å². The fourth-order valence-corrected chi connectivity index (χ4v) is 1.83. The van der Waals surface area contributed by atoms with Gasteiger partial charge in [-0.05, 0) is 31.6 Å². The van der Waals surface area contributed by atoms with Gasteiger partial charge in [0.25, 0.3) is 0 Å². The van der Waals surface area contributed by atoms with Crippen LogP contribution in [0.25, 0.3) is 0 Å². The molecule has 0 spiro atoms. The van der Waals surface area contributed by atoms with Gasteiger partial charge in [-0.1, -0.05) is 29.3 Å². The maximum absolute atomic E-state index is 11.4. The molecule has 82 valence electrons. The van der Waals surface area contributed by atoms with Gasteiger partial charge >= 0.3 is 0 Å². The maximum atomic E-state index is 11.4. The molecule has 0 aromatic heterocycles. The minimum absolute atomic E-state index is 0.241. The molecule has 0 aromatic carbocycles. The first kappa shape index (κ1) is 12.0. The summed E-state index contributed by atoms with van der Waals surface area (Å²) in [5.74, 6) is 0.923. The van der Waals surface area contributed by atoms with Crippen molar-refractivity contribution in [2.24, 2.45) is 5.92 Å². The number of amides is 1. The van der Waals surface area contributed by atoms with Gasteiger partial charge < -0.3 is 5.32 Å². The van der Waals surface area contributed by atoms with E-state index in [2.05, 4.69) is 28.2 Å². The van der Waals surface area contributed by atoms with Gasteiger partial charge in [0.15, 0.2) is 0 Å². The van der Waals surface area contributed by atoms with Crippen LogP contribution in [-0.4, -0.2) is 17.3 Å². The van der Waals surface area contributed by atoms with Gasteiger partial charge in [0.2, 0.25) is 5.91 Å². The Morgan fingerprint density at radius 3 is 2.79 bits per heavy atom. The summed E-state index contributed by atoms with van der Waals surface area (Å²) in [5.41, 5.74) is 0. The third kappa shape index (κ3) is 4.45. The number of rotatable bonds is 6. The second-order valence-corrected chi connectivity index (χ2v) is 5.44. The number of carbonyl (C=O) groups is 1. The van der Waals surface area contributed by atoms with Crippen LogP contribution in [0.5, 0.6) is 0 Å². The van der Waals surface area contributed by atoms with Crippen LogP contribution in [0, 0.1) is 5.92 Å². The quantitative estimate of drug-likeness (QED) is 0.733. The molecule has 1 N–H and O–H groups in total. The lowest BCUT2D eigenvalue weighted by Crippen LogP contribution is -2.29. The predicted octanol–water partition coefficient (Wildman–Crippen LogP) is 2.86. The molecule has 14 heavy (non-hydrogen) atoms. The smallest absolute Gasteiger partial charge is 0.220 e. The van der Waals surface area contributed by atoms with E-state index in [1.165, 1.54) is 19.3 Å². The van der Waals surface area contributed by atoms with Crippen LogP contribution in [0.4, 0.5) is 0 Å². The Morgan fingerprint density at radius 2 is 2.29 bits per heavy atom. The molecule has 1 rings (SSSR count). The Hall–Kier alpha value is -0.0500. The minimum Gasteiger partial charge on any atom is -0.356 e. The largest absolute Gasteiger partial charge is 0.356 e. The van der Waals surface area contributed by atoms with E-state index in [9.17, 15) is 4.79 Å². The number of alkyl halides is 1. The predicted molar refractivity (Wildman–Crippen MR) is 62.6 cm³/mol. The normalized spacial score (nSPS) is 18.7. The summed E-state index contributed by atoms with van der Waals surface area (Å²) in [5, 5.41) is 2.98. The SMILES string of the molecule is CCC(Br)CCNC(=O)CC1CCC1. The van der Waals surface area contributed by atoms with Crippen molar-refractivity contribution in [3.8, 4) is 0 Å². The highest BCUT2D eigenvalue weighted by molar-refractivity contribution is 9.09. The Labute approximate surface area is 95.0 Å². The van der Waals surface area contributed by atoms with Gasteiger partial charge in [-0.15, -0.1) is 0 Å². The molecule has 0 aromatic rings. The van der Waals surface area contributed by atoms with Crippen LogP contribution < -0.4 is 5.32 Å². The van der Waals surface area contributed by atoms with Gasteiger partial charge in [0.1, 0.15) is 0 Å². The Morgan fingerprint density at radius 1 is 1.57 bits per heavy atom. The van der Waals surface area contributed by atoms with Crippen LogP contribution in [0.3, 0.4) is 0 Å². The van der Waals surface area contributed by atoms with Crippen LogP contribution in [-0.2, 0) is 4.79 Å². The Kier molecular flexibility index (Phi) is 5.53. The number of carbonyl (C=O) groups excluding carboxylic acids is 1. The van der Waals surface area contributed by atoms with Crippen molar-refractivity contribution in [1.29, 1.82) is 0 Å². The first-order valence-electron chi connectivity index (χ1n) is 5.63. The van der Waals surface area contributed by atoms with Crippen LogP contribution in [0.1, 0.15) is 45.4 Å². The average Bonchev–Trinajstić information content (AvgIpc) is 2.11. The van der Waals surface area contributed by atoms with Crippen molar-refractivity contribution in [3.05, 3.63) is 0 Å². The lowest BCUT2D eigenvalue weighted by atomic mass is 9.83. The summed E-state index contributed by atoms with van der Waals surface area (Å²) in [6.07, 6.45) is 6.73. The standard InChI is InChI=1S/C11H20BrNO/c1-2-10(12)6-7-13-11(14)8-9-4-3-5-9/h9-10H,2-8H2,1H3,(H,13,14). The van der Waals surface area contributed by atoms with Crippen LogP contribution in [0.2, 0.25) is 0 Å². The fourth-order valence-electron chi connectivity index (χ4n) is 1.60. The van der Waals surface area contributed by atoms with E-state index in [0.29, 0.717) is 10.7 Å². The van der Waals surface area contributed by atoms with E-state index in [0.717, 1.165) is 25.8 Å². The zero-order valence-corrected chi connectivity index (χ0v) is 10.5. The van der Waals surface area contributed by atoms with E-state index in [1.807, 2.05) is 0 Å². The number of nitrogens with one attached hydrogen (secondary N) is 1. The molecule has 1 amide bonds. The monoisotopic (exact) mass is 261 g/mol. The minimum atomic E-state index is 0.241. The van der Waals surface area contributed by atoms with Gasteiger partial charge in [0, 0.05) is 17.8 Å². The van der Waals surface area contributed by atoms with E-state index in [4.69, 9.17) is 0 Å². The molecule has 0 radical (unpaired) electrons. The molecule has 1 aliphatic carbocycles. The second-order valence-electron chi connectivity index (χ2n) is 4.15. The molecular formula is C11H20BrNO. The molecule has 0 aliphatic heterocycles. The highest BCUT2D eigenvalue weighted by atomic mass is 79.9. The van der Waals surface area contributed by atoms with Gasteiger partial charge in [-0.2, -0.15) is 0 Å². The third-order valence-electron chi connectivity index (χ3n) is 2.92. The molecular weight excluding hydrogens is 242 g/mol. The lowest BCUT2D eigenvalue weighted by Gasteiger charge is -2.24. The van der Waals surface area contributed by atoms with Crippen molar-refractivity contribution in [1.82, 2.24) is 5.32 Å².